The number of hydrogen-bond acceptors (Lipinski definition) is 2. The third-order valence-corrected chi connectivity index (χ3v) is 2.83. The topological polar surface area (TPSA) is 29.9 Å². The first-order valence-corrected chi connectivity index (χ1v) is 5.84. The van der Waals surface area contributed by atoms with Gasteiger partial charge in [0, 0.05) is 36.1 Å². The van der Waals surface area contributed by atoms with Crippen LogP contribution in [0.2, 0.25) is 0 Å². The highest BCUT2D eigenvalue weighted by Crippen LogP contribution is 2.16. The molecule has 3 nitrogen and oxygen atoms in total. The van der Waals surface area contributed by atoms with E-state index in [4.69, 9.17) is 0 Å². The SMILES string of the molecule is C=Cn1cc(CN[C@H](C)c2ccccc2F)cn1. The standard InChI is InChI=1S/C14H16FN3/c1-3-18-10-12(9-17-18)8-16-11(2)13-6-4-5-7-14(13)15/h3-7,9-11,16H,1,8H2,2H3/t11-/m1/s1. The van der Waals surface area contributed by atoms with Crippen molar-refractivity contribution in [2.45, 2.75) is 19.5 Å². The molecule has 1 N–H and O–H groups in total. The Bertz CT molecular complexity index is 533. The Balaban J connectivity index is 1.98. The van der Waals surface area contributed by atoms with Gasteiger partial charge in [-0.15, -0.1) is 0 Å². The summed E-state index contributed by atoms with van der Waals surface area (Å²) in [6.45, 7) is 6.21. The molecule has 18 heavy (non-hydrogen) atoms. The Morgan fingerprint density at radius 2 is 2.28 bits per heavy atom. The Hall–Kier alpha value is -1.94. The van der Waals surface area contributed by atoms with E-state index < -0.39 is 0 Å². The lowest BCUT2D eigenvalue weighted by atomic mass is 10.1. The van der Waals surface area contributed by atoms with Gasteiger partial charge in [0.1, 0.15) is 5.82 Å². The average molecular weight is 245 g/mol. The van der Waals surface area contributed by atoms with Gasteiger partial charge in [-0.3, -0.25) is 0 Å². The Labute approximate surface area is 106 Å². The minimum Gasteiger partial charge on any atom is -0.306 e. The van der Waals surface area contributed by atoms with Gasteiger partial charge in [-0.25, -0.2) is 9.07 Å². The molecule has 0 aliphatic rings. The third-order valence-electron chi connectivity index (χ3n) is 2.83. The van der Waals surface area contributed by atoms with Crippen molar-refractivity contribution in [3.8, 4) is 0 Å². The zero-order valence-electron chi connectivity index (χ0n) is 10.3. The molecule has 1 atom stereocenters. The second-order valence-electron chi connectivity index (χ2n) is 4.14. The smallest absolute Gasteiger partial charge is 0.127 e. The number of rotatable bonds is 5. The van der Waals surface area contributed by atoms with Gasteiger partial charge in [0.15, 0.2) is 0 Å². The van der Waals surface area contributed by atoms with Crippen LogP contribution in [0.3, 0.4) is 0 Å². The molecule has 0 saturated heterocycles. The van der Waals surface area contributed by atoms with E-state index in [-0.39, 0.29) is 11.9 Å². The maximum absolute atomic E-state index is 13.6. The first kappa shape index (κ1) is 12.5. The van der Waals surface area contributed by atoms with Crippen LogP contribution in [0.25, 0.3) is 6.20 Å². The third kappa shape index (κ3) is 2.84. The van der Waals surface area contributed by atoms with E-state index in [2.05, 4.69) is 17.0 Å². The molecule has 4 heteroatoms. The fourth-order valence-electron chi connectivity index (χ4n) is 1.78. The quantitative estimate of drug-likeness (QED) is 0.877. The summed E-state index contributed by atoms with van der Waals surface area (Å²) >= 11 is 0. The van der Waals surface area contributed by atoms with E-state index in [9.17, 15) is 4.39 Å². The van der Waals surface area contributed by atoms with Crippen molar-refractivity contribution in [1.82, 2.24) is 15.1 Å². The zero-order valence-corrected chi connectivity index (χ0v) is 10.3. The molecule has 1 aromatic heterocycles. The normalized spacial score (nSPS) is 12.3. The summed E-state index contributed by atoms with van der Waals surface area (Å²) < 4.78 is 15.2. The van der Waals surface area contributed by atoms with Crippen LogP contribution < -0.4 is 5.32 Å². The highest BCUT2D eigenvalue weighted by atomic mass is 19.1. The van der Waals surface area contributed by atoms with Crippen LogP contribution >= 0.6 is 0 Å². The van der Waals surface area contributed by atoms with Gasteiger partial charge in [0.05, 0.1) is 6.20 Å². The Morgan fingerprint density at radius 1 is 1.50 bits per heavy atom. The molecule has 0 fully saturated rings. The fourth-order valence-corrected chi connectivity index (χ4v) is 1.78. The number of hydrogen-bond donors (Lipinski definition) is 1. The van der Waals surface area contributed by atoms with Crippen LogP contribution in [0.1, 0.15) is 24.1 Å². The minimum atomic E-state index is -0.181. The number of halogens is 1. The molecule has 94 valence electrons. The fraction of sp³-hybridized carbons (Fsp3) is 0.214. The maximum atomic E-state index is 13.6. The van der Waals surface area contributed by atoms with Gasteiger partial charge in [-0.05, 0) is 13.0 Å². The molecule has 0 radical (unpaired) electrons. The van der Waals surface area contributed by atoms with E-state index in [0.29, 0.717) is 12.1 Å². The number of nitrogens with zero attached hydrogens (tertiary/aromatic N) is 2. The molecule has 1 aromatic carbocycles. The van der Waals surface area contributed by atoms with Crippen molar-refractivity contribution < 1.29 is 4.39 Å². The molecule has 0 aliphatic heterocycles. The van der Waals surface area contributed by atoms with E-state index in [0.717, 1.165) is 5.56 Å². The van der Waals surface area contributed by atoms with Gasteiger partial charge in [-0.2, -0.15) is 5.10 Å². The molecule has 0 unspecified atom stereocenters. The minimum absolute atomic E-state index is 0.0433. The summed E-state index contributed by atoms with van der Waals surface area (Å²) in [5.41, 5.74) is 1.71. The van der Waals surface area contributed by atoms with Crippen molar-refractivity contribution in [2.24, 2.45) is 0 Å². The largest absolute Gasteiger partial charge is 0.306 e. The molecule has 0 aliphatic carbocycles. The lowest BCUT2D eigenvalue weighted by Crippen LogP contribution is -2.18. The van der Waals surface area contributed by atoms with Crippen LogP contribution in [0, 0.1) is 5.82 Å². The lowest BCUT2D eigenvalue weighted by Gasteiger charge is -2.14. The van der Waals surface area contributed by atoms with E-state index in [1.54, 1.807) is 29.2 Å². The molecule has 0 amide bonds. The van der Waals surface area contributed by atoms with Crippen LogP contribution in [0.5, 0.6) is 0 Å². The number of nitrogens with one attached hydrogen (secondary N) is 1. The monoisotopic (exact) mass is 245 g/mol. The molecule has 0 spiro atoms. The average Bonchev–Trinajstić information content (AvgIpc) is 2.84. The Kier molecular flexibility index (Phi) is 3.89. The van der Waals surface area contributed by atoms with E-state index >= 15 is 0 Å². The first-order chi connectivity index (χ1) is 8.70. The molecule has 0 saturated carbocycles. The predicted octanol–water partition coefficient (Wildman–Crippen LogP) is 2.97. The predicted molar refractivity (Wildman–Crippen MR) is 70.3 cm³/mol. The highest BCUT2D eigenvalue weighted by molar-refractivity contribution is 5.21. The van der Waals surface area contributed by atoms with Gasteiger partial charge < -0.3 is 5.32 Å². The number of benzene rings is 1. The van der Waals surface area contributed by atoms with Gasteiger partial charge in [0.25, 0.3) is 0 Å². The van der Waals surface area contributed by atoms with Crippen LogP contribution in [0.4, 0.5) is 4.39 Å². The van der Waals surface area contributed by atoms with Gasteiger partial charge >= 0.3 is 0 Å². The van der Waals surface area contributed by atoms with Crippen LogP contribution in [-0.2, 0) is 6.54 Å². The first-order valence-electron chi connectivity index (χ1n) is 5.84. The second kappa shape index (κ2) is 5.60. The maximum Gasteiger partial charge on any atom is 0.127 e. The van der Waals surface area contributed by atoms with Crippen LogP contribution in [-0.4, -0.2) is 9.78 Å². The summed E-state index contributed by atoms with van der Waals surface area (Å²) in [5, 5.41) is 7.35. The van der Waals surface area contributed by atoms with Crippen molar-refractivity contribution in [3.05, 3.63) is 60.2 Å². The van der Waals surface area contributed by atoms with Crippen molar-refractivity contribution in [1.29, 1.82) is 0 Å². The summed E-state index contributed by atoms with van der Waals surface area (Å²) in [5.74, 6) is -0.181. The molecule has 2 aromatic rings. The molecule has 1 heterocycles. The van der Waals surface area contributed by atoms with Crippen molar-refractivity contribution in [2.75, 3.05) is 0 Å². The molecule has 0 bridgehead atoms. The molecular weight excluding hydrogens is 229 g/mol. The van der Waals surface area contributed by atoms with E-state index in [1.165, 1.54) is 6.07 Å². The lowest BCUT2D eigenvalue weighted by molar-refractivity contribution is 0.528. The summed E-state index contributed by atoms with van der Waals surface area (Å²) in [6, 6.07) is 6.76. The van der Waals surface area contributed by atoms with Crippen LogP contribution in [0.15, 0.2) is 43.2 Å². The molecule has 2 rings (SSSR count). The second-order valence-corrected chi connectivity index (χ2v) is 4.14. The van der Waals surface area contributed by atoms with E-state index in [1.807, 2.05) is 19.2 Å². The summed E-state index contributed by atoms with van der Waals surface area (Å²) in [7, 11) is 0. The highest BCUT2D eigenvalue weighted by Gasteiger charge is 2.09. The summed E-state index contributed by atoms with van der Waals surface area (Å²) in [4.78, 5) is 0. The van der Waals surface area contributed by atoms with Crippen molar-refractivity contribution in [3.63, 3.8) is 0 Å². The van der Waals surface area contributed by atoms with Gasteiger partial charge in [0.2, 0.25) is 0 Å². The summed E-state index contributed by atoms with van der Waals surface area (Å²) in [6.07, 6.45) is 5.28. The molecular formula is C14H16FN3. The number of aromatic nitrogens is 2. The van der Waals surface area contributed by atoms with Crippen molar-refractivity contribution >= 4 is 6.20 Å². The van der Waals surface area contributed by atoms with Gasteiger partial charge in [-0.1, -0.05) is 24.8 Å². The zero-order chi connectivity index (χ0) is 13.0. The Morgan fingerprint density at radius 3 is 2.94 bits per heavy atom.